The summed E-state index contributed by atoms with van der Waals surface area (Å²) in [5, 5.41) is 0. The second-order valence-electron chi connectivity index (χ2n) is 4.53. The van der Waals surface area contributed by atoms with Crippen LogP contribution in [0.3, 0.4) is 0 Å². The number of rotatable bonds is 2. The zero-order chi connectivity index (χ0) is 12.3. The molecule has 1 amide bonds. The van der Waals surface area contributed by atoms with E-state index in [0.29, 0.717) is 19.5 Å². The summed E-state index contributed by atoms with van der Waals surface area (Å²) in [6, 6.07) is 6.39. The van der Waals surface area contributed by atoms with Crippen LogP contribution in [0.15, 0.2) is 24.3 Å². The Labute approximate surface area is 100 Å². The lowest BCUT2D eigenvalue weighted by atomic mass is 10.1. The van der Waals surface area contributed by atoms with Crippen molar-refractivity contribution in [2.75, 3.05) is 6.54 Å². The fourth-order valence-electron chi connectivity index (χ4n) is 2.04. The fourth-order valence-corrected chi connectivity index (χ4v) is 2.04. The minimum Gasteiger partial charge on any atom is -0.338 e. The van der Waals surface area contributed by atoms with E-state index in [1.54, 1.807) is 17.0 Å². The molecule has 2 rings (SSSR count). The van der Waals surface area contributed by atoms with Crippen LogP contribution < -0.4 is 5.73 Å². The summed E-state index contributed by atoms with van der Waals surface area (Å²) in [7, 11) is 0. The van der Waals surface area contributed by atoms with Gasteiger partial charge in [-0.3, -0.25) is 4.79 Å². The molecule has 92 valence electrons. The number of carbonyl (C=O) groups is 1. The summed E-state index contributed by atoms with van der Waals surface area (Å²) >= 11 is 0. The van der Waals surface area contributed by atoms with Gasteiger partial charge in [0.2, 0.25) is 5.91 Å². The first-order valence-corrected chi connectivity index (χ1v) is 5.93. The maximum Gasteiger partial charge on any atom is 0.222 e. The van der Waals surface area contributed by atoms with Crippen LogP contribution in [0.1, 0.15) is 24.8 Å². The quantitative estimate of drug-likeness (QED) is 0.849. The standard InChI is InChI=1S/C13H17FN2O/c14-11-3-1-10(2-4-11)9-16-8-7-12(15)5-6-13(16)17/h1-4,12H,5-9,15H2. The summed E-state index contributed by atoms with van der Waals surface area (Å²) in [5.41, 5.74) is 6.80. The first-order chi connectivity index (χ1) is 8.15. The monoisotopic (exact) mass is 236 g/mol. The van der Waals surface area contributed by atoms with Crippen molar-refractivity contribution >= 4 is 5.91 Å². The van der Waals surface area contributed by atoms with Crippen molar-refractivity contribution in [3.05, 3.63) is 35.6 Å². The van der Waals surface area contributed by atoms with Gasteiger partial charge < -0.3 is 10.6 Å². The molecule has 0 saturated carbocycles. The Hall–Kier alpha value is -1.42. The summed E-state index contributed by atoms with van der Waals surface area (Å²) < 4.78 is 12.8. The lowest BCUT2D eigenvalue weighted by molar-refractivity contribution is -0.131. The third kappa shape index (κ3) is 3.27. The van der Waals surface area contributed by atoms with Crippen LogP contribution in [-0.4, -0.2) is 23.4 Å². The highest BCUT2D eigenvalue weighted by Crippen LogP contribution is 2.14. The first-order valence-electron chi connectivity index (χ1n) is 5.93. The molecule has 1 atom stereocenters. The number of hydrogen-bond donors (Lipinski definition) is 1. The van der Waals surface area contributed by atoms with Crippen LogP contribution in [0, 0.1) is 5.82 Å². The van der Waals surface area contributed by atoms with Gasteiger partial charge in [-0.2, -0.15) is 0 Å². The van der Waals surface area contributed by atoms with Crippen molar-refractivity contribution in [1.82, 2.24) is 4.90 Å². The van der Waals surface area contributed by atoms with Crippen molar-refractivity contribution in [3.63, 3.8) is 0 Å². The van der Waals surface area contributed by atoms with Crippen molar-refractivity contribution in [1.29, 1.82) is 0 Å². The summed E-state index contributed by atoms with van der Waals surface area (Å²) in [6.45, 7) is 1.24. The predicted octanol–water partition coefficient (Wildman–Crippen LogP) is 1.67. The Bertz CT molecular complexity index is 391. The van der Waals surface area contributed by atoms with E-state index in [0.717, 1.165) is 18.4 Å². The van der Waals surface area contributed by atoms with Gasteiger partial charge in [0.1, 0.15) is 5.82 Å². The number of hydrogen-bond acceptors (Lipinski definition) is 2. The molecule has 1 unspecified atom stereocenters. The van der Waals surface area contributed by atoms with Crippen molar-refractivity contribution in [2.45, 2.75) is 31.8 Å². The molecular formula is C13H17FN2O. The first kappa shape index (κ1) is 12.0. The molecule has 0 aromatic heterocycles. The Kier molecular flexibility index (Phi) is 3.74. The molecule has 1 aliphatic heterocycles. The van der Waals surface area contributed by atoms with Gasteiger partial charge in [0.05, 0.1) is 0 Å². The van der Waals surface area contributed by atoms with E-state index in [1.165, 1.54) is 12.1 Å². The van der Waals surface area contributed by atoms with Gasteiger partial charge in [0.25, 0.3) is 0 Å². The summed E-state index contributed by atoms with van der Waals surface area (Å²) in [6.07, 6.45) is 2.12. The largest absolute Gasteiger partial charge is 0.338 e. The van der Waals surface area contributed by atoms with Gasteiger partial charge in [0.15, 0.2) is 0 Å². The third-order valence-corrected chi connectivity index (χ3v) is 3.14. The zero-order valence-electron chi connectivity index (χ0n) is 9.73. The van der Waals surface area contributed by atoms with Gasteiger partial charge in [0, 0.05) is 25.6 Å². The lowest BCUT2D eigenvalue weighted by Gasteiger charge is -2.20. The highest BCUT2D eigenvalue weighted by atomic mass is 19.1. The second kappa shape index (κ2) is 5.27. The van der Waals surface area contributed by atoms with Gasteiger partial charge in [-0.1, -0.05) is 12.1 Å². The average molecular weight is 236 g/mol. The fraction of sp³-hybridized carbons (Fsp3) is 0.462. The number of benzene rings is 1. The smallest absolute Gasteiger partial charge is 0.222 e. The molecule has 0 aliphatic carbocycles. The number of likely N-dealkylation sites (tertiary alicyclic amines) is 1. The van der Waals surface area contributed by atoms with Crippen molar-refractivity contribution in [2.24, 2.45) is 5.73 Å². The van der Waals surface area contributed by atoms with Gasteiger partial charge >= 0.3 is 0 Å². The van der Waals surface area contributed by atoms with E-state index >= 15 is 0 Å². The Balaban J connectivity index is 2.01. The molecule has 1 saturated heterocycles. The van der Waals surface area contributed by atoms with Crippen LogP contribution in [0.4, 0.5) is 4.39 Å². The lowest BCUT2D eigenvalue weighted by Crippen LogP contribution is -2.30. The predicted molar refractivity (Wildman–Crippen MR) is 63.6 cm³/mol. The highest BCUT2D eigenvalue weighted by Gasteiger charge is 2.20. The Morgan fingerprint density at radius 1 is 1.29 bits per heavy atom. The topological polar surface area (TPSA) is 46.3 Å². The molecule has 1 aromatic carbocycles. The van der Waals surface area contributed by atoms with E-state index in [4.69, 9.17) is 5.73 Å². The second-order valence-corrected chi connectivity index (χ2v) is 4.53. The molecule has 1 aromatic rings. The van der Waals surface area contributed by atoms with E-state index in [9.17, 15) is 9.18 Å². The van der Waals surface area contributed by atoms with Gasteiger partial charge in [-0.25, -0.2) is 4.39 Å². The molecule has 1 aliphatic rings. The molecule has 0 bridgehead atoms. The molecule has 2 N–H and O–H groups in total. The number of nitrogens with zero attached hydrogens (tertiary/aromatic N) is 1. The molecule has 3 nitrogen and oxygen atoms in total. The zero-order valence-corrected chi connectivity index (χ0v) is 9.73. The Morgan fingerprint density at radius 3 is 2.71 bits per heavy atom. The minimum absolute atomic E-state index is 0.122. The third-order valence-electron chi connectivity index (χ3n) is 3.14. The average Bonchev–Trinajstić information content (AvgIpc) is 2.47. The van der Waals surface area contributed by atoms with Crippen LogP contribution in [0.5, 0.6) is 0 Å². The normalized spacial score (nSPS) is 21.4. The molecule has 0 radical (unpaired) electrons. The highest BCUT2D eigenvalue weighted by molar-refractivity contribution is 5.76. The van der Waals surface area contributed by atoms with Crippen LogP contribution in [-0.2, 0) is 11.3 Å². The van der Waals surface area contributed by atoms with Crippen molar-refractivity contribution < 1.29 is 9.18 Å². The maximum atomic E-state index is 12.8. The van der Waals surface area contributed by atoms with Crippen LogP contribution >= 0.6 is 0 Å². The molecular weight excluding hydrogens is 219 g/mol. The van der Waals surface area contributed by atoms with Crippen LogP contribution in [0.2, 0.25) is 0 Å². The van der Waals surface area contributed by atoms with Crippen LogP contribution in [0.25, 0.3) is 0 Å². The summed E-state index contributed by atoms with van der Waals surface area (Å²) in [4.78, 5) is 13.6. The summed E-state index contributed by atoms with van der Waals surface area (Å²) in [5.74, 6) is -0.111. The number of amides is 1. The van der Waals surface area contributed by atoms with Gasteiger partial charge in [-0.15, -0.1) is 0 Å². The number of carbonyl (C=O) groups excluding carboxylic acids is 1. The number of nitrogens with two attached hydrogens (primary N) is 1. The minimum atomic E-state index is -0.252. The Morgan fingerprint density at radius 2 is 2.00 bits per heavy atom. The van der Waals surface area contributed by atoms with E-state index in [1.807, 2.05) is 0 Å². The molecule has 17 heavy (non-hydrogen) atoms. The molecule has 1 fully saturated rings. The maximum absolute atomic E-state index is 12.8. The molecule has 4 heteroatoms. The molecule has 0 spiro atoms. The SMILES string of the molecule is NC1CCC(=O)N(Cc2ccc(F)cc2)CC1. The number of halogens is 1. The van der Waals surface area contributed by atoms with Crippen molar-refractivity contribution in [3.8, 4) is 0 Å². The molecule has 1 heterocycles. The van der Waals surface area contributed by atoms with E-state index in [-0.39, 0.29) is 17.8 Å². The van der Waals surface area contributed by atoms with E-state index in [2.05, 4.69) is 0 Å². The van der Waals surface area contributed by atoms with Gasteiger partial charge in [-0.05, 0) is 30.5 Å². The van der Waals surface area contributed by atoms with E-state index < -0.39 is 0 Å².